The molecule has 0 heterocycles. The Balaban J connectivity index is 2.29. The molecule has 2 rings (SSSR count). The van der Waals surface area contributed by atoms with Gasteiger partial charge in [0.05, 0.1) is 10.6 Å². The van der Waals surface area contributed by atoms with Crippen LogP contribution in [0.15, 0.2) is 58.3 Å². The number of rotatable bonds is 5. The quantitative estimate of drug-likeness (QED) is 0.823. The number of carbonyl (C=O) groups is 1. The Morgan fingerprint density at radius 1 is 1.09 bits per heavy atom. The number of para-hydroxylation sites is 1. The molecule has 0 aromatic heterocycles. The largest absolute Gasteiger partial charge is 0.321 e. The summed E-state index contributed by atoms with van der Waals surface area (Å²) in [5.74, 6) is -0.352. The smallest absolute Gasteiger partial charge is 0.255 e. The summed E-state index contributed by atoms with van der Waals surface area (Å²) in [4.78, 5) is 13.3. The van der Waals surface area contributed by atoms with Gasteiger partial charge in [-0.1, -0.05) is 18.2 Å². The fraction of sp³-hybridized carbons (Fsp3) is 0.133. The summed E-state index contributed by atoms with van der Waals surface area (Å²) in [5.41, 5.74) is 0.981. The van der Waals surface area contributed by atoms with Crippen molar-refractivity contribution in [3.63, 3.8) is 0 Å². The lowest BCUT2D eigenvalue weighted by Gasteiger charge is -2.10. The Morgan fingerprint density at radius 2 is 1.82 bits per heavy atom. The molecule has 0 radical (unpaired) electrons. The highest BCUT2D eigenvalue weighted by molar-refractivity contribution is 7.98. The number of amides is 1. The maximum atomic E-state index is 12.3. The maximum Gasteiger partial charge on any atom is 0.255 e. The van der Waals surface area contributed by atoms with Gasteiger partial charge in [-0.15, -0.1) is 11.8 Å². The zero-order valence-electron chi connectivity index (χ0n) is 12.2. The van der Waals surface area contributed by atoms with E-state index < -0.39 is 10.0 Å². The fourth-order valence-electron chi connectivity index (χ4n) is 1.86. The lowest BCUT2D eigenvalue weighted by Crippen LogP contribution is -2.19. The monoisotopic (exact) mass is 336 g/mol. The van der Waals surface area contributed by atoms with E-state index in [9.17, 15) is 13.2 Å². The average Bonchev–Trinajstić information content (AvgIpc) is 2.55. The van der Waals surface area contributed by atoms with Crippen molar-refractivity contribution in [3.8, 4) is 0 Å². The Kier molecular flexibility index (Phi) is 5.23. The second-order valence-electron chi connectivity index (χ2n) is 4.39. The van der Waals surface area contributed by atoms with E-state index in [0.29, 0.717) is 5.69 Å². The van der Waals surface area contributed by atoms with Crippen LogP contribution in [0, 0.1) is 0 Å². The number of nitrogens with one attached hydrogen (secondary N) is 2. The second kappa shape index (κ2) is 6.95. The molecular weight excluding hydrogens is 320 g/mol. The van der Waals surface area contributed by atoms with Crippen molar-refractivity contribution in [2.75, 3.05) is 18.6 Å². The zero-order chi connectivity index (χ0) is 16.2. The highest BCUT2D eigenvalue weighted by Crippen LogP contribution is 2.25. The molecule has 0 bridgehead atoms. The van der Waals surface area contributed by atoms with Crippen LogP contribution in [0.4, 0.5) is 5.69 Å². The number of hydrogen-bond acceptors (Lipinski definition) is 4. The van der Waals surface area contributed by atoms with Gasteiger partial charge >= 0.3 is 0 Å². The molecule has 0 saturated carbocycles. The minimum Gasteiger partial charge on any atom is -0.321 e. The third-order valence-corrected chi connectivity index (χ3v) is 5.24. The van der Waals surface area contributed by atoms with Crippen LogP contribution in [-0.2, 0) is 10.0 Å². The third kappa shape index (κ3) is 3.68. The molecule has 0 spiro atoms. The van der Waals surface area contributed by atoms with Crippen molar-refractivity contribution in [1.82, 2.24) is 4.72 Å². The minimum absolute atomic E-state index is 0.0563. The molecule has 5 nitrogen and oxygen atoms in total. The predicted octanol–water partition coefficient (Wildman–Crippen LogP) is 2.57. The standard InChI is InChI=1S/C15H16N2O3S2/c1-16-22(19,20)12-7-5-6-11(10-12)15(18)17-13-8-3-4-9-14(13)21-2/h3-10,16H,1-2H3,(H,17,18). The number of carbonyl (C=O) groups excluding carboxylic acids is 1. The first-order valence-corrected chi connectivity index (χ1v) is 9.16. The van der Waals surface area contributed by atoms with Gasteiger partial charge in [0.2, 0.25) is 10.0 Å². The Morgan fingerprint density at radius 3 is 2.50 bits per heavy atom. The van der Waals surface area contributed by atoms with Crippen LogP contribution in [0.3, 0.4) is 0 Å². The number of sulfonamides is 1. The number of benzene rings is 2. The van der Waals surface area contributed by atoms with Crippen molar-refractivity contribution >= 4 is 33.4 Å². The fourth-order valence-corrected chi connectivity index (χ4v) is 3.19. The van der Waals surface area contributed by atoms with Crippen molar-refractivity contribution in [3.05, 3.63) is 54.1 Å². The van der Waals surface area contributed by atoms with Crippen molar-refractivity contribution in [2.45, 2.75) is 9.79 Å². The molecule has 2 N–H and O–H groups in total. The van der Waals surface area contributed by atoms with E-state index in [2.05, 4.69) is 10.0 Å². The van der Waals surface area contributed by atoms with E-state index in [1.807, 2.05) is 24.5 Å². The van der Waals surface area contributed by atoms with E-state index in [0.717, 1.165) is 4.90 Å². The lowest BCUT2D eigenvalue weighted by molar-refractivity contribution is 0.102. The molecule has 22 heavy (non-hydrogen) atoms. The number of anilines is 1. The molecule has 0 fully saturated rings. The molecule has 2 aromatic rings. The molecule has 0 atom stereocenters. The topological polar surface area (TPSA) is 75.3 Å². The van der Waals surface area contributed by atoms with Gasteiger partial charge in [-0.2, -0.15) is 0 Å². The molecule has 0 saturated heterocycles. The van der Waals surface area contributed by atoms with Gasteiger partial charge in [-0.3, -0.25) is 4.79 Å². The predicted molar refractivity (Wildman–Crippen MR) is 88.9 cm³/mol. The highest BCUT2D eigenvalue weighted by Gasteiger charge is 2.15. The molecule has 7 heteroatoms. The minimum atomic E-state index is -3.57. The van der Waals surface area contributed by atoms with E-state index in [-0.39, 0.29) is 16.4 Å². The van der Waals surface area contributed by atoms with Crippen LogP contribution in [0.1, 0.15) is 10.4 Å². The first-order valence-electron chi connectivity index (χ1n) is 6.46. The first-order chi connectivity index (χ1) is 10.5. The van der Waals surface area contributed by atoms with Crippen molar-refractivity contribution < 1.29 is 13.2 Å². The molecule has 0 aliphatic heterocycles. The number of hydrogen-bond donors (Lipinski definition) is 2. The highest BCUT2D eigenvalue weighted by atomic mass is 32.2. The normalized spacial score (nSPS) is 11.2. The van der Waals surface area contributed by atoms with E-state index in [1.54, 1.807) is 18.2 Å². The van der Waals surface area contributed by atoms with Crippen LogP contribution in [0.2, 0.25) is 0 Å². The van der Waals surface area contributed by atoms with Crippen LogP contribution < -0.4 is 10.0 Å². The van der Waals surface area contributed by atoms with E-state index in [4.69, 9.17) is 0 Å². The van der Waals surface area contributed by atoms with E-state index >= 15 is 0 Å². The average molecular weight is 336 g/mol. The number of thioether (sulfide) groups is 1. The summed E-state index contributed by atoms with van der Waals surface area (Å²) < 4.78 is 25.8. The summed E-state index contributed by atoms with van der Waals surface area (Å²) in [7, 11) is -2.24. The molecule has 0 aliphatic rings. The summed E-state index contributed by atoms with van der Waals surface area (Å²) in [6.07, 6.45) is 1.92. The lowest BCUT2D eigenvalue weighted by atomic mass is 10.2. The Hall–Kier alpha value is -1.83. The van der Waals surface area contributed by atoms with Crippen molar-refractivity contribution in [1.29, 1.82) is 0 Å². The van der Waals surface area contributed by atoms with Crippen LogP contribution in [0.25, 0.3) is 0 Å². The Labute approximate surface area is 134 Å². The second-order valence-corrected chi connectivity index (χ2v) is 7.12. The first kappa shape index (κ1) is 16.5. The zero-order valence-corrected chi connectivity index (χ0v) is 13.8. The van der Waals surface area contributed by atoms with E-state index in [1.165, 1.54) is 30.9 Å². The van der Waals surface area contributed by atoms with Crippen molar-refractivity contribution in [2.24, 2.45) is 0 Å². The van der Waals surface area contributed by atoms with Gasteiger partial charge in [0, 0.05) is 10.5 Å². The molecule has 2 aromatic carbocycles. The van der Waals surface area contributed by atoms with Crippen LogP contribution >= 0.6 is 11.8 Å². The van der Waals surface area contributed by atoms with Gasteiger partial charge in [0.1, 0.15) is 0 Å². The molecule has 0 unspecified atom stereocenters. The van der Waals surface area contributed by atoms with Gasteiger partial charge in [0.25, 0.3) is 5.91 Å². The molecule has 1 amide bonds. The SMILES string of the molecule is CNS(=O)(=O)c1cccc(C(=O)Nc2ccccc2SC)c1. The van der Waals surface area contributed by atoms with Gasteiger partial charge in [-0.05, 0) is 43.6 Å². The van der Waals surface area contributed by atoms with Crippen LogP contribution in [-0.4, -0.2) is 27.6 Å². The summed E-state index contributed by atoms with van der Waals surface area (Å²) in [6, 6.07) is 13.3. The summed E-state index contributed by atoms with van der Waals surface area (Å²) in [5, 5.41) is 2.80. The van der Waals surface area contributed by atoms with Crippen LogP contribution in [0.5, 0.6) is 0 Å². The summed E-state index contributed by atoms with van der Waals surface area (Å²) in [6.45, 7) is 0. The van der Waals surface area contributed by atoms with Gasteiger partial charge in [0.15, 0.2) is 0 Å². The molecular formula is C15H16N2O3S2. The van der Waals surface area contributed by atoms with Gasteiger partial charge < -0.3 is 5.32 Å². The van der Waals surface area contributed by atoms with Gasteiger partial charge in [-0.25, -0.2) is 13.1 Å². The third-order valence-electron chi connectivity index (χ3n) is 3.03. The molecule has 116 valence electrons. The Bertz CT molecular complexity index is 789. The molecule has 0 aliphatic carbocycles. The summed E-state index contributed by atoms with van der Waals surface area (Å²) >= 11 is 1.52. The maximum absolute atomic E-state index is 12.3.